The first kappa shape index (κ1) is 41.3. The zero-order valence-electron chi connectivity index (χ0n) is 32.5. The monoisotopic (exact) mass is 788 g/mol. The van der Waals surface area contributed by atoms with Gasteiger partial charge in [-0.3, -0.25) is 10.4 Å². The van der Waals surface area contributed by atoms with Crippen molar-refractivity contribution in [2.24, 2.45) is 0 Å². The maximum absolute atomic E-state index is 13.4. The molecule has 4 aromatic carbocycles. The van der Waals surface area contributed by atoms with Crippen LogP contribution in [0, 0.1) is 0 Å². The highest BCUT2D eigenvalue weighted by molar-refractivity contribution is 5.71. The minimum absolute atomic E-state index is 0.0679. The van der Waals surface area contributed by atoms with Gasteiger partial charge in [0.25, 0.3) is 0 Å². The summed E-state index contributed by atoms with van der Waals surface area (Å²) in [6.07, 6.45) is 1.16. The fraction of sp³-hybridized carbons (Fsp3) is 0.405. The van der Waals surface area contributed by atoms with Crippen molar-refractivity contribution < 1.29 is 53.2 Å². The summed E-state index contributed by atoms with van der Waals surface area (Å²) in [5.41, 5.74) is 3.64. The zero-order chi connectivity index (χ0) is 39.8. The average Bonchev–Trinajstić information content (AvgIpc) is 3.24. The Morgan fingerprint density at radius 1 is 0.825 bits per heavy atom. The molecule has 1 fully saturated rings. The van der Waals surface area contributed by atoms with Crippen molar-refractivity contribution in [3.05, 3.63) is 102 Å². The number of benzene rings is 4. The van der Waals surface area contributed by atoms with Crippen LogP contribution in [0.5, 0.6) is 28.7 Å². The van der Waals surface area contributed by atoms with Crippen molar-refractivity contribution >= 4 is 17.5 Å². The van der Waals surface area contributed by atoms with Crippen LogP contribution in [0.4, 0.5) is 16.2 Å². The first-order chi connectivity index (χ1) is 27.9. The van der Waals surface area contributed by atoms with E-state index in [2.05, 4.69) is 14.6 Å². The van der Waals surface area contributed by atoms with Crippen LogP contribution in [0.25, 0.3) is 0 Å². The molecule has 15 nitrogen and oxygen atoms in total. The molecule has 0 saturated carbocycles. The number of ether oxygens (including phenoxy) is 7. The number of piperazine rings is 1. The molecule has 6 rings (SSSR count). The Bertz CT molecular complexity index is 1830. The highest BCUT2D eigenvalue weighted by Crippen LogP contribution is 2.35. The van der Waals surface area contributed by atoms with Crippen molar-refractivity contribution in [3.63, 3.8) is 0 Å². The van der Waals surface area contributed by atoms with E-state index in [0.717, 1.165) is 60.1 Å². The summed E-state index contributed by atoms with van der Waals surface area (Å²) in [5.74, 6) is 3.46. The van der Waals surface area contributed by atoms with Crippen LogP contribution >= 0.6 is 0 Å². The SMILES string of the molecule is COCCCN1CCOc2ccc(OC[C@H]3CN(C(=O)Oc4ccc(CON(O)O)cc4)CCN3c3ccc(OCCCOCc4ccccc4OC)cc3)cc21. The van der Waals surface area contributed by atoms with Gasteiger partial charge in [0.2, 0.25) is 0 Å². The van der Waals surface area contributed by atoms with Crippen LogP contribution in [-0.2, 0) is 27.5 Å². The topological polar surface area (TPSA) is 144 Å². The Morgan fingerprint density at radius 2 is 1.61 bits per heavy atom. The molecule has 1 amide bonds. The molecule has 4 aromatic rings. The number of anilines is 2. The van der Waals surface area contributed by atoms with Gasteiger partial charge in [-0.15, -0.1) is 0 Å². The molecule has 2 heterocycles. The number of amides is 1. The zero-order valence-corrected chi connectivity index (χ0v) is 32.5. The maximum atomic E-state index is 13.4. The van der Waals surface area contributed by atoms with Crippen molar-refractivity contribution in [1.29, 1.82) is 0 Å². The standard InChI is InChI=1S/C42H52N4O11/c1-50-23-5-19-43-22-26-54-41-18-17-38(27-39(41)43)55-31-35-28-44(42(47)57-37-13-9-32(10-14-37)29-56-46(48)49)20-21-45(35)34-11-15-36(16-12-34)53-25-6-24-52-30-33-7-3-4-8-40(33)51-2/h3-4,7-18,27,35,48-49H,5-6,19-26,28-31H2,1-2H3/t35-/m1/s1. The summed E-state index contributed by atoms with van der Waals surface area (Å²) in [4.78, 5) is 24.3. The van der Waals surface area contributed by atoms with Crippen LogP contribution in [0.1, 0.15) is 24.0 Å². The van der Waals surface area contributed by atoms with E-state index in [0.29, 0.717) is 76.3 Å². The lowest BCUT2D eigenvalue weighted by molar-refractivity contribution is -0.497. The second-order valence-corrected chi connectivity index (χ2v) is 13.5. The minimum atomic E-state index is -0.478. The molecule has 0 aliphatic carbocycles. The smallest absolute Gasteiger partial charge is 0.415 e. The second kappa shape index (κ2) is 21.3. The molecule has 2 aliphatic heterocycles. The Labute approximate surface area is 333 Å². The predicted molar refractivity (Wildman–Crippen MR) is 211 cm³/mol. The molecule has 0 radical (unpaired) electrons. The fourth-order valence-electron chi connectivity index (χ4n) is 6.71. The van der Waals surface area contributed by atoms with Crippen molar-refractivity contribution in [2.75, 3.05) is 89.8 Å². The molecule has 2 N–H and O–H groups in total. The van der Waals surface area contributed by atoms with E-state index in [4.69, 9.17) is 43.6 Å². The third-order valence-electron chi connectivity index (χ3n) is 9.65. The van der Waals surface area contributed by atoms with Crippen molar-refractivity contribution in [2.45, 2.75) is 32.1 Å². The van der Waals surface area contributed by atoms with Crippen molar-refractivity contribution in [1.82, 2.24) is 10.3 Å². The molecule has 57 heavy (non-hydrogen) atoms. The van der Waals surface area contributed by atoms with Crippen LogP contribution in [-0.4, -0.2) is 113 Å². The Morgan fingerprint density at radius 3 is 2.40 bits per heavy atom. The molecular weight excluding hydrogens is 736 g/mol. The molecule has 1 atom stereocenters. The van der Waals surface area contributed by atoms with Gasteiger partial charge in [0.05, 0.1) is 57.2 Å². The van der Waals surface area contributed by atoms with Gasteiger partial charge in [0.1, 0.15) is 42.0 Å². The van der Waals surface area contributed by atoms with Crippen LogP contribution in [0.15, 0.2) is 91.0 Å². The Balaban J connectivity index is 1.07. The summed E-state index contributed by atoms with van der Waals surface area (Å²) in [6, 6.07) is 28.1. The number of fused-ring (bicyclic) bond motifs is 1. The van der Waals surface area contributed by atoms with Gasteiger partial charge < -0.3 is 47.9 Å². The molecule has 1 saturated heterocycles. The molecule has 0 bridgehead atoms. The van der Waals surface area contributed by atoms with Gasteiger partial charge in [-0.05, 0) is 66.6 Å². The predicted octanol–water partition coefficient (Wildman–Crippen LogP) is 6.20. The number of rotatable bonds is 20. The fourth-order valence-corrected chi connectivity index (χ4v) is 6.71. The van der Waals surface area contributed by atoms with Gasteiger partial charge in [-0.25, -0.2) is 9.63 Å². The number of hydrogen-bond acceptors (Lipinski definition) is 14. The molecule has 306 valence electrons. The maximum Gasteiger partial charge on any atom is 0.415 e. The van der Waals surface area contributed by atoms with E-state index < -0.39 is 6.09 Å². The number of nitrogens with zero attached hydrogens (tertiary/aromatic N) is 4. The molecule has 15 heteroatoms. The second-order valence-electron chi connectivity index (χ2n) is 13.5. The third kappa shape index (κ3) is 12.1. The van der Waals surface area contributed by atoms with E-state index in [-0.39, 0.29) is 18.0 Å². The van der Waals surface area contributed by atoms with E-state index in [9.17, 15) is 4.79 Å². The molecule has 2 aliphatic rings. The summed E-state index contributed by atoms with van der Waals surface area (Å²) in [7, 11) is 3.37. The van der Waals surface area contributed by atoms with Crippen LogP contribution in [0.2, 0.25) is 0 Å². The lowest BCUT2D eigenvalue weighted by Gasteiger charge is -2.42. The Kier molecular flexibility index (Phi) is 15.4. The number of methoxy groups -OCH3 is 2. The van der Waals surface area contributed by atoms with E-state index in [1.807, 2.05) is 66.7 Å². The molecular formula is C42H52N4O11. The third-order valence-corrected chi connectivity index (χ3v) is 9.65. The van der Waals surface area contributed by atoms with Crippen molar-refractivity contribution in [3.8, 4) is 28.7 Å². The van der Waals surface area contributed by atoms with Crippen LogP contribution < -0.4 is 33.5 Å². The highest BCUT2D eigenvalue weighted by Gasteiger charge is 2.32. The van der Waals surface area contributed by atoms with Crippen LogP contribution in [0.3, 0.4) is 0 Å². The number of carbonyl (C=O) groups is 1. The lowest BCUT2D eigenvalue weighted by atomic mass is 10.1. The van der Waals surface area contributed by atoms with Gasteiger partial charge in [-0.1, -0.05) is 30.3 Å². The quantitative estimate of drug-likeness (QED) is 0.0775. The summed E-state index contributed by atoms with van der Waals surface area (Å²) in [6.45, 7) is 6.06. The molecule has 0 unspecified atom stereocenters. The summed E-state index contributed by atoms with van der Waals surface area (Å²) < 4.78 is 40.7. The van der Waals surface area contributed by atoms with Gasteiger partial charge in [0, 0.05) is 63.6 Å². The highest BCUT2D eigenvalue weighted by atomic mass is 17.1. The van der Waals surface area contributed by atoms with Gasteiger partial charge >= 0.3 is 6.09 Å². The summed E-state index contributed by atoms with van der Waals surface area (Å²) >= 11 is 0. The number of hydrogen-bond donors (Lipinski definition) is 2. The molecule has 0 aromatic heterocycles. The number of carbonyl (C=O) groups excluding carboxylic acids is 1. The lowest BCUT2D eigenvalue weighted by Crippen LogP contribution is -2.57. The number of para-hydroxylation sites is 1. The van der Waals surface area contributed by atoms with Gasteiger partial charge in [-0.2, -0.15) is 0 Å². The minimum Gasteiger partial charge on any atom is -0.496 e. The van der Waals surface area contributed by atoms with E-state index in [1.165, 1.54) is 0 Å². The first-order valence-electron chi connectivity index (χ1n) is 19.1. The molecule has 0 spiro atoms. The first-order valence-corrected chi connectivity index (χ1v) is 19.1. The largest absolute Gasteiger partial charge is 0.496 e. The van der Waals surface area contributed by atoms with Gasteiger partial charge in [0.15, 0.2) is 0 Å². The Hall–Kier alpha value is -5.29. The summed E-state index contributed by atoms with van der Waals surface area (Å²) in [5, 5.41) is 17.3. The van der Waals surface area contributed by atoms with E-state index >= 15 is 0 Å². The average molecular weight is 789 g/mol. The van der Waals surface area contributed by atoms with E-state index in [1.54, 1.807) is 43.4 Å². The normalized spacial score (nSPS) is 15.2.